The van der Waals surface area contributed by atoms with Crippen LogP contribution in [-0.4, -0.2) is 17.7 Å². The van der Waals surface area contributed by atoms with Crippen LogP contribution in [0.25, 0.3) is 0 Å². The van der Waals surface area contributed by atoms with Crippen molar-refractivity contribution in [3.05, 3.63) is 35.9 Å². The molecule has 0 aliphatic rings. The summed E-state index contributed by atoms with van der Waals surface area (Å²) < 4.78 is 5.00. The molecule has 0 bridgehead atoms. The highest BCUT2D eigenvalue weighted by molar-refractivity contribution is 5.74. The van der Waals surface area contributed by atoms with Gasteiger partial charge in [0.2, 0.25) is 0 Å². The van der Waals surface area contributed by atoms with E-state index in [0.717, 1.165) is 0 Å². The van der Waals surface area contributed by atoms with E-state index in [4.69, 9.17) is 16.3 Å². The van der Waals surface area contributed by atoms with Crippen LogP contribution in [-0.2, 0) is 9.53 Å². The maximum atomic E-state index is 10.8. The molecule has 1 aromatic rings. The fourth-order valence-corrected chi connectivity index (χ4v) is 1.07. The van der Waals surface area contributed by atoms with Gasteiger partial charge in [0.15, 0.2) is 6.10 Å². The molecule has 0 saturated heterocycles. The lowest BCUT2D eigenvalue weighted by molar-refractivity contribution is -0.149. The average molecular weight is 190 g/mol. The lowest BCUT2D eigenvalue weighted by Crippen LogP contribution is -2.15. The van der Waals surface area contributed by atoms with Gasteiger partial charge >= 0.3 is 5.97 Å². The Balaban J connectivity index is 2.79. The molecule has 1 rings (SSSR count). The summed E-state index contributed by atoms with van der Waals surface area (Å²) in [5.41, 5.74) is 0.593. The molecule has 1 unspecified atom stereocenters. The monoisotopic (exact) mass is 190 g/mol. The lowest BCUT2D eigenvalue weighted by atomic mass is 10.1. The van der Waals surface area contributed by atoms with Crippen LogP contribution in [0.15, 0.2) is 30.3 Å². The molecular formula is C11H10O3. The molecule has 0 radical (unpaired) electrons. The predicted molar refractivity (Wildman–Crippen MR) is 51.6 cm³/mol. The normalized spacial score (nSPS) is 11.6. The molecule has 3 nitrogen and oxygen atoms in total. The number of aliphatic carboxylic acids is 1. The van der Waals surface area contributed by atoms with Crippen LogP contribution < -0.4 is 0 Å². The van der Waals surface area contributed by atoms with Crippen LogP contribution in [0.5, 0.6) is 0 Å². The third-order valence-electron chi connectivity index (χ3n) is 1.66. The van der Waals surface area contributed by atoms with Crippen LogP contribution in [0.3, 0.4) is 0 Å². The Morgan fingerprint density at radius 3 is 2.64 bits per heavy atom. The van der Waals surface area contributed by atoms with Crippen molar-refractivity contribution in [2.24, 2.45) is 0 Å². The van der Waals surface area contributed by atoms with Gasteiger partial charge in [-0.25, -0.2) is 4.79 Å². The van der Waals surface area contributed by atoms with Crippen molar-refractivity contribution in [1.29, 1.82) is 0 Å². The standard InChI is InChI=1S/C11H10O3/c1-2-8-14-10(11(12)13)9-6-4-3-5-7-9/h1,3-7,10H,8H2,(H,12,13). The quantitative estimate of drug-likeness (QED) is 0.731. The summed E-state index contributed by atoms with van der Waals surface area (Å²) >= 11 is 0. The highest BCUT2D eigenvalue weighted by Gasteiger charge is 2.19. The molecule has 0 saturated carbocycles. The molecule has 1 aromatic carbocycles. The Hall–Kier alpha value is -1.79. The van der Waals surface area contributed by atoms with Gasteiger partial charge in [-0.15, -0.1) is 6.42 Å². The molecule has 14 heavy (non-hydrogen) atoms. The zero-order valence-corrected chi connectivity index (χ0v) is 7.51. The summed E-state index contributed by atoms with van der Waals surface area (Å²) in [5, 5.41) is 8.86. The zero-order chi connectivity index (χ0) is 10.4. The third kappa shape index (κ3) is 2.61. The number of hydrogen-bond donors (Lipinski definition) is 1. The third-order valence-corrected chi connectivity index (χ3v) is 1.66. The number of carboxylic acid groups (broad SMARTS) is 1. The number of ether oxygens (including phenoxy) is 1. The van der Waals surface area contributed by atoms with Gasteiger partial charge in [-0.3, -0.25) is 0 Å². The fourth-order valence-electron chi connectivity index (χ4n) is 1.07. The Kier molecular flexibility index (Phi) is 3.71. The van der Waals surface area contributed by atoms with Crippen molar-refractivity contribution < 1.29 is 14.6 Å². The minimum atomic E-state index is -1.04. The molecule has 1 atom stereocenters. The Labute approximate surface area is 82.3 Å². The van der Waals surface area contributed by atoms with E-state index in [2.05, 4.69) is 5.92 Å². The summed E-state index contributed by atoms with van der Waals surface area (Å²) in [7, 11) is 0. The van der Waals surface area contributed by atoms with Gasteiger partial charge in [-0.2, -0.15) is 0 Å². The van der Waals surface area contributed by atoms with E-state index in [1.165, 1.54) is 0 Å². The van der Waals surface area contributed by atoms with Gasteiger partial charge < -0.3 is 9.84 Å². The molecule has 0 amide bonds. The van der Waals surface area contributed by atoms with Crippen LogP contribution in [0.2, 0.25) is 0 Å². The molecule has 72 valence electrons. The second-order valence-electron chi connectivity index (χ2n) is 2.64. The maximum Gasteiger partial charge on any atom is 0.337 e. The van der Waals surface area contributed by atoms with Gasteiger partial charge in [0.25, 0.3) is 0 Å². The lowest BCUT2D eigenvalue weighted by Gasteiger charge is -2.11. The van der Waals surface area contributed by atoms with Gasteiger partial charge in [0.1, 0.15) is 6.61 Å². The van der Waals surface area contributed by atoms with E-state index in [1.807, 2.05) is 6.07 Å². The highest BCUT2D eigenvalue weighted by Crippen LogP contribution is 2.16. The minimum Gasteiger partial charge on any atom is -0.479 e. The number of terminal acetylenes is 1. The molecule has 0 aromatic heterocycles. The van der Waals surface area contributed by atoms with Crippen LogP contribution >= 0.6 is 0 Å². The second-order valence-corrected chi connectivity index (χ2v) is 2.64. The second kappa shape index (κ2) is 5.05. The number of hydrogen-bond acceptors (Lipinski definition) is 2. The molecule has 0 aliphatic carbocycles. The topological polar surface area (TPSA) is 46.5 Å². The van der Waals surface area contributed by atoms with E-state index in [1.54, 1.807) is 24.3 Å². The van der Waals surface area contributed by atoms with Crippen molar-refractivity contribution in [2.45, 2.75) is 6.10 Å². The van der Waals surface area contributed by atoms with E-state index < -0.39 is 12.1 Å². The predicted octanol–water partition coefficient (Wildman–Crippen LogP) is 1.46. The van der Waals surface area contributed by atoms with E-state index in [9.17, 15) is 4.79 Å². The number of carboxylic acids is 1. The summed E-state index contributed by atoms with van der Waals surface area (Å²) in [6.07, 6.45) is 4.01. The Morgan fingerprint density at radius 1 is 1.50 bits per heavy atom. The molecule has 3 heteroatoms. The maximum absolute atomic E-state index is 10.8. The first-order valence-corrected chi connectivity index (χ1v) is 4.08. The first kappa shape index (κ1) is 10.3. The molecule has 0 aliphatic heterocycles. The van der Waals surface area contributed by atoms with Gasteiger partial charge in [-0.05, 0) is 5.56 Å². The van der Waals surface area contributed by atoms with Crippen LogP contribution in [0.1, 0.15) is 11.7 Å². The van der Waals surface area contributed by atoms with E-state index >= 15 is 0 Å². The first-order chi connectivity index (χ1) is 6.75. The smallest absolute Gasteiger partial charge is 0.337 e. The van der Waals surface area contributed by atoms with E-state index in [0.29, 0.717) is 5.56 Å². The first-order valence-electron chi connectivity index (χ1n) is 4.08. The summed E-state index contributed by atoms with van der Waals surface area (Å²) in [6.45, 7) is -0.00807. The average Bonchev–Trinajstić information content (AvgIpc) is 2.19. The summed E-state index contributed by atoms with van der Waals surface area (Å²) in [4.78, 5) is 10.8. The van der Waals surface area contributed by atoms with Gasteiger partial charge in [0.05, 0.1) is 0 Å². The van der Waals surface area contributed by atoms with Gasteiger partial charge in [-0.1, -0.05) is 36.3 Å². The van der Waals surface area contributed by atoms with Crippen molar-refractivity contribution in [2.75, 3.05) is 6.61 Å². The van der Waals surface area contributed by atoms with Crippen LogP contribution in [0, 0.1) is 12.3 Å². The number of rotatable bonds is 4. The Bertz CT molecular complexity index is 337. The number of carbonyl (C=O) groups is 1. The fraction of sp³-hybridized carbons (Fsp3) is 0.182. The van der Waals surface area contributed by atoms with Crippen molar-refractivity contribution in [1.82, 2.24) is 0 Å². The van der Waals surface area contributed by atoms with E-state index in [-0.39, 0.29) is 6.61 Å². The van der Waals surface area contributed by atoms with Crippen LogP contribution in [0.4, 0.5) is 0 Å². The van der Waals surface area contributed by atoms with Gasteiger partial charge in [0, 0.05) is 0 Å². The number of benzene rings is 1. The van der Waals surface area contributed by atoms with Crippen molar-refractivity contribution in [3.8, 4) is 12.3 Å². The molecule has 0 heterocycles. The molecule has 0 spiro atoms. The molecule has 1 N–H and O–H groups in total. The molecule has 0 fully saturated rings. The minimum absolute atomic E-state index is 0.00807. The van der Waals surface area contributed by atoms with Crippen molar-refractivity contribution in [3.63, 3.8) is 0 Å². The molecular weight excluding hydrogens is 180 g/mol. The summed E-state index contributed by atoms with van der Waals surface area (Å²) in [5.74, 6) is 1.20. The zero-order valence-electron chi connectivity index (χ0n) is 7.51. The SMILES string of the molecule is C#CCOC(C(=O)O)c1ccccc1. The largest absolute Gasteiger partial charge is 0.479 e. The Morgan fingerprint density at radius 2 is 2.14 bits per heavy atom. The summed E-state index contributed by atoms with van der Waals surface area (Å²) in [6, 6.07) is 8.70. The van der Waals surface area contributed by atoms with Crippen molar-refractivity contribution >= 4 is 5.97 Å². The highest BCUT2D eigenvalue weighted by atomic mass is 16.5.